The van der Waals surface area contributed by atoms with Crippen molar-refractivity contribution in [2.45, 2.75) is 64.8 Å². The molecule has 0 aliphatic heterocycles. The Bertz CT molecular complexity index is 817. The average Bonchev–Trinajstić information content (AvgIpc) is 3.06. The number of halogens is 2. The van der Waals surface area contributed by atoms with E-state index in [-0.39, 0.29) is 17.5 Å². The number of nitrogens with zero attached hydrogens (tertiary/aromatic N) is 3. The maximum Gasteiger partial charge on any atom is 0.200 e. The number of rotatable bonds is 8. The number of benzene rings is 1. The molecular formula is C19H28ClFN4O2Si. The molecule has 6 nitrogen and oxygen atoms in total. The monoisotopic (exact) mass is 426 g/mol. The molecule has 2 rings (SSSR count). The first-order valence-corrected chi connectivity index (χ1v) is 11.9. The standard InChI is InChI=1S/C19H28ClFN4O2Si/c1-11(2)28(12(3)4,13(5)6)26-10-17-18(25-27-24-17)19(22)23-14-7-8-16(21)15(20)9-14/h7-9,11-13H,10H2,1-6H3,(H2,22,23). The van der Waals surface area contributed by atoms with Gasteiger partial charge in [-0.2, -0.15) is 0 Å². The summed E-state index contributed by atoms with van der Waals surface area (Å²) >= 11 is 5.80. The summed E-state index contributed by atoms with van der Waals surface area (Å²) in [5.41, 5.74) is 8.61. The zero-order chi connectivity index (χ0) is 21.1. The van der Waals surface area contributed by atoms with Gasteiger partial charge in [0.2, 0.25) is 8.32 Å². The Hall–Kier alpha value is -1.77. The lowest BCUT2D eigenvalue weighted by molar-refractivity contribution is 0.246. The molecule has 0 saturated carbocycles. The van der Waals surface area contributed by atoms with E-state index in [4.69, 9.17) is 26.4 Å². The molecule has 0 aliphatic rings. The highest BCUT2D eigenvalue weighted by molar-refractivity contribution is 6.77. The number of aliphatic imine (C=N–C) groups is 1. The van der Waals surface area contributed by atoms with Crippen LogP contribution in [0, 0.1) is 5.82 Å². The predicted molar refractivity (Wildman–Crippen MR) is 112 cm³/mol. The molecule has 1 aromatic carbocycles. The molecule has 1 aromatic heterocycles. The zero-order valence-corrected chi connectivity index (χ0v) is 18.9. The van der Waals surface area contributed by atoms with Gasteiger partial charge >= 0.3 is 0 Å². The third kappa shape index (κ3) is 4.61. The van der Waals surface area contributed by atoms with Crippen LogP contribution >= 0.6 is 11.6 Å². The number of amidine groups is 1. The molecule has 0 spiro atoms. The van der Waals surface area contributed by atoms with Crippen molar-refractivity contribution in [1.82, 2.24) is 10.3 Å². The van der Waals surface area contributed by atoms with Gasteiger partial charge in [0.25, 0.3) is 0 Å². The van der Waals surface area contributed by atoms with Crippen LogP contribution in [0.4, 0.5) is 10.1 Å². The summed E-state index contributed by atoms with van der Waals surface area (Å²) in [7, 11) is -2.08. The number of hydrogen-bond donors (Lipinski definition) is 1. The molecule has 0 unspecified atom stereocenters. The third-order valence-electron chi connectivity index (χ3n) is 5.12. The fraction of sp³-hybridized carbons (Fsp3) is 0.526. The molecule has 0 aliphatic carbocycles. The quantitative estimate of drug-likeness (QED) is 0.337. The summed E-state index contributed by atoms with van der Waals surface area (Å²) in [6.07, 6.45) is 0. The smallest absolute Gasteiger partial charge is 0.200 e. The highest BCUT2D eigenvalue weighted by Crippen LogP contribution is 2.42. The van der Waals surface area contributed by atoms with Gasteiger partial charge in [0.15, 0.2) is 11.5 Å². The third-order valence-corrected chi connectivity index (χ3v) is 11.5. The SMILES string of the molecule is CC(C)[Si](OCc1nonc1C(N)=Nc1ccc(F)c(Cl)c1)(C(C)C)C(C)C. The Balaban J connectivity index is 2.27. The normalized spacial score (nSPS) is 13.2. The molecule has 0 saturated heterocycles. The van der Waals surface area contributed by atoms with Crippen LogP contribution in [-0.2, 0) is 11.0 Å². The summed E-state index contributed by atoms with van der Waals surface area (Å²) in [6, 6.07) is 4.10. The van der Waals surface area contributed by atoms with Crippen LogP contribution in [0.15, 0.2) is 27.8 Å². The van der Waals surface area contributed by atoms with E-state index in [9.17, 15) is 4.39 Å². The lowest BCUT2D eigenvalue weighted by Crippen LogP contribution is -2.47. The first-order chi connectivity index (χ1) is 13.1. The van der Waals surface area contributed by atoms with Gasteiger partial charge in [0.1, 0.15) is 11.5 Å². The minimum atomic E-state index is -2.08. The summed E-state index contributed by atoms with van der Waals surface area (Å²) in [5.74, 6) is -0.415. The van der Waals surface area contributed by atoms with Crippen molar-refractivity contribution < 1.29 is 13.4 Å². The predicted octanol–water partition coefficient (Wildman–Crippen LogP) is 5.59. The molecule has 0 radical (unpaired) electrons. The van der Waals surface area contributed by atoms with Crippen LogP contribution < -0.4 is 5.73 Å². The second kappa shape index (κ2) is 9.15. The van der Waals surface area contributed by atoms with Gasteiger partial charge in [-0.25, -0.2) is 14.0 Å². The van der Waals surface area contributed by atoms with Crippen LogP contribution in [0.3, 0.4) is 0 Å². The molecule has 28 heavy (non-hydrogen) atoms. The van der Waals surface area contributed by atoms with Gasteiger partial charge in [-0.3, -0.25) is 0 Å². The molecule has 9 heteroatoms. The minimum absolute atomic E-state index is 0.0301. The topological polar surface area (TPSA) is 86.5 Å². The second-order valence-corrected chi connectivity index (χ2v) is 13.6. The van der Waals surface area contributed by atoms with Crippen molar-refractivity contribution in [2.24, 2.45) is 10.7 Å². The summed E-state index contributed by atoms with van der Waals surface area (Å²) in [4.78, 5) is 4.25. The van der Waals surface area contributed by atoms with Crippen LogP contribution in [0.25, 0.3) is 0 Å². The van der Waals surface area contributed by atoms with Crippen molar-refractivity contribution in [2.75, 3.05) is 0 Å². The Labute approximate surface area is 171 Å². The molecule has 0 bridgehead atoms. The zero-order valence-electron chi connectivity index (χ0n) is 17.2. The van der Waals surface area contributed by atoms with Gasteiger partial charge < -0.3 is 10.2 Å². The van der Waals surface area contributed by atoms with Gasteiger partial charge in [0, 0.05) is 0 Å². The van der Waals surface area contributed by atoms with Gasteiger partial charge in [-0.1, -0.05) is 58.3 Å². The number of aromatic nitrogens is 2. The van der Waals surface area contributed by atoms with Crippen LogP contribution in [-0.4, -0.2) is 24.5 Å². The number of hydrogen-bond acceptors (Lipinski definition) is 5. The largest absolute Gasteiger partial charge is 0.410 e. The molecule has 1 heterocycles. The molecule has 2 N–H and O–H groups in total. The summed E-state index contributed by atoms with van der Waals surface area (Å²) in [6.45, 7) is 13.5. The van der Waals surface area contributed by atoms with Crippen molar-refractivity contribution in [3.63, 3.8) is 0 Å². The van der Waals surface area contributed by atoms with Crippen molar-refractivity contribution in [1.29, 1.82) is 0 Å². The van der Waals surface area contributed by atoms with Gasteiger partial charge in [-0.05, 0) is 40.0 Å². The van der Waals surface area contributed by atoms with E-state index in [1.165, 1.54) is 18.2 Å². The summed E-state index contributed by atoms with van der Waals surface area (Å²) < 4.78 is 24.7. The van der Waals surface area contributed by atoms with E-state index < -0.39 is 14.1 Å². The maximum absolute atomic E-state index is 13.3. The lowest BCUT2D eigenvalue weighted by Gasteiger charge is -2.41. The average molecular weight is 427 g/mol. The van der Waals surface area contributed by atoms with E-state index in [0.717, 1.165) is 0 Å². The van der Waals surface area contributed by atoms with E-state index in [1.807, 2.05) is 0 Å². The first kappa shape index (κ1) is 22.5. The van der Waals surface area contributed by atoms with Crippen LogP contribution in [0.5, 0.6) is 0 Å². The van der Waals surface area contributed by atoms with Gasteiger partial charge in [-0.15, -0.1) is 0 Å². The maximum atomic E-state index is 13.3. The van der Waals surface area contributed by atoms with Crippen molar-refractivity contribution in [3.05, 3.63) is 40.4 Å². The Morgan fingerprint density at radius 1 is 1.18 bits per heavy atom. The lowest BCUT2D eigenvalue weighted by atomic mass is 10.3. The number of nitrogens with two attached hydrogens (primary N) is 1. The van der Waals surface area contributed by atoms with E-state index in [1.54, 1.807) is 0 Å². The van der Waals surface area contributed by atoms with E-state index in [0.29, 0.717) is 33.7 Å². The van der Waals surface area contributed by atoms with Crippen LogP contribution in [0.2, 0.25) is 21.6 Å². The minimum Gasteiger partial charge on any atom is -0.410 e. The highest BCUT2D eigenvalue weighted by Gasteiger charge is 2.45. The Morgan fingerprint density at radius 3 is 2.32 bits per heavy atom. The van der Waals surface area contributed by atoms with E-state index >= 15 is 0 Å². The molecular weight excluding hydrogens is 399 g/mol. The highest BCUT2D eigenvalue weighted by atomic mass is 35.5. The van der Waals surface area contributed by atoms with Gasteiger partial charge in [0.05, 0.1) is 17.3 Å². The molecule has 154 valence electrons. The molecule has 2 aromatic rings. The fourth-order valence-electron chi connectivity index (χ4n) is 3.94. The van der Waals surface area contributed by atoms with Crippen molar-refractivity contribution >= 4 is 31.4 Å². The van der Waals surface area contributed by atoms with Crippen LogP contribution in [0.1, 0.15) is 52.9 Å². The Morgan fingerprint density at radius 2 is 1.79 bits per heavy atom. The van der Waals surface area contributed by atoms with Crippen molar-refractivity contribution in [3.8, 4) is 0 Å². The first-order valence-electron chi connectivity index (χ1n) is 9.34. The Kier molecular flexibility index (Phi) is 7.36. The van der Waals surface area contributed by atoms with E-state index in [2.05, 4.69) is 56.8 Å². The second-order valence-electron chi connectivity index (χ2n) is 7.76. The summed E-state index contributed by atoms with van der Waals surface area (Å²) in [5, 5.41) is 7.80. The fourth-order valence-corrected chi connectivity index (χ4v) is 9.50. The molecule has 0 atom stereocenters. The molecule has 0 amide bonds. The molecule has 0 fully saturated rings.